The van der Waals surface area contributed by atoms with E-state index in [4.69, 9.17) is 5.26 Å². The third-order valence-electron chi connectivity index (χ3n) is 5.76. The number of amides is 2. The molecule has 1 aromatic rings. The van der Waals surface area contributed by atoms with Crippen molar-refractivity contribution in [2.24, 2.45) is 11.8 Å². The van der Waals surface area contributed by atoms with E-state index in [1.807, 2.05) is 0 Å². The number of benzene rings is 1. The average Bonchev–Trinajstić information content (AvgIpc) is 3.03. The summed E-state index contributed by atoms with van der Waals surface area (Å²) in [5.41, 5.74) is 0.377. The van der Waals surface area contributed by atoms with E-state index >= 15 is 0 Å². The number of hydrogen-bond acceptors (Lipinski definition) is 4. The number of fused-ring (bicyclic) bond motifs is 1. The summed E-state index contributed by atoms with van der Waals surface area (Å²) in [4.78, 5) is 28.1. The van der Waals surface area contributed by atoms with Gasteiger partial charge in [0.15, 0.2) is 0 Å². The third kappa shape index (κ3) is 3.06. The molecule has 26 heavy (non-hydrogen) atoms. The molecule has 7 heteroatoms. The lowest BCUT2D eigenvalue weighted by Crippen LogP contribution is -2.43. The number of likely N-dealkylation sites (tertiary alicyclic amines) is 2. The van der Waals surface area contributed by atoms with E-state index in [2.05, 4.69) is 11.4 Å². The van der Waals surface area contributed by atoms with E-state index in [1.54, 1.807) is 21.9 Å². The number of nitrogens with one attached hydrogen (secondary N) is 1. The van der Waals surface area contributed by atoms with Crippen molar-refractivity contribution in [2.75, 3.05) is 26.2 Å². The van der Waals surface area contributed by atoms with Crippen molar-refractivity contribution in [3.8, 4) is 6.07 Å². The molecule has 1 aromatic carbocycles. The Hall–Kier alpha value is -2.46. The highest BCUT2D eigenvalue weighted by molar-refractivity contribution is 5.94. The lowest BCUT2D eigenvalue weighted by atomic mass is 10.2. The number of carbonyl (C=O) groups is 2. The first kappa shape index (κ1) is 17.0. The number of carbonyl (C=O) groups excluding carboxylic acids is 2. The molecule has 4 rings (SSSR count). The van der Waals surface area contributed by atoms with Gasteiger partial charge in [-0.3, -0.25) is 9.59 Å². The highest BCUT2D eigenvalue weighted by Crippen LogP contribution is 2.45. The van der Waals surface area contributed by atoms with Crippen LogP contribution in [0.15, 0.2) is 24.3 Å². The monoisotopic (exact) mass is 356 g/mol. The molecule has 2 heterocycles. The van der Waals surface area contributed by atoms with Gasteiger partial charge in [0.25, 0.3) is 5.91 Å². The summed E-state index contributed by atoms with van der Waals surface area (Å²) >= 11 is 0. The molecule has 0 spiro atoms. The van der Waals surface area contributed by atoms with Crippen LogP contribution in [0.2, 0.25) is 0 Å². The fourth-order valence-electron chi connectivity index (χ4n) is 4.31. The van der Waals surface area contributed by atoms with Gasteiger partial charge in [-0.15, -0.1) is 0 Å². The van der Waals surface area contributed by atoms with Gasteiger partial charge in [0.2, 0.25) is 5.91 Å². The molecule has 2 saturated heterocycles. The second kappa shape index (κ2) is 6.69. The van der Waals surface area contributed by atoms with Crippen molar-refractivity contribution in [3.63, 3.8) is 0 Å². The minimum absolute atomic E-state index is 0.0216. The number of halogens is 1. The quantitative estimate of drug-likeness (QED) is 0.873. The molecule has 0 radical (unpaired) electrons. The Morgan fingerprint density at radius 2 is 2.08 bits per heavy atom. The average molecular weight is 356 g/mol. The zero-order chi connectivity index (χ0) is 18.3. The Bertz CT molecular complexity index is 765. The minimum Gasteiger partial charge on any atom is -0.338 e. The number of nitriles is 1. The third-order valence-corrected chi connectivity index (χ3v) is 5.76. The molecule has 1 aliphatic carbocycles. The van der Waals surface area contributed by atoms with Crippen LogP contribution in [0, 0.1) is 29.0 Å². The Kier molecular flexibility index (Phi) is 4.37. The predicted octanol–water partition coefficient (Wildman–Crippen LogP) is 1.00. The SMILES string of the molecule is N#CC1CCCN1C(=O)CNC1C2CN(C(=O)c3cccc(F)c3)CC21. The lowest BCUT2D eigenvalue weighted by Gasteiger charge is -2.22. The summed E-state index contributed by atoms with van der Waals surface area (Å²) in [6.07, 6.45) is 1.64. The molecule has 3 fully saturated rings. The predicted molar refractivity (Wildman–Crippen MR) is 91.4 cm³/mol. The summed E-state index contributed by atoms with van der Waals surface area (Å²) in [5, 5.41) is 12.4. The molecule has 136 valence electrons. The van der Waals surface area contributed by atoms with Gasteiger partial charge in [-0.25, -0.2) is 4.39 Å². The van der Waals surface area contributed by atoms with Crippen molar-refractivity contribution in [1.29, 1.82) is 5.26 Å². The topological polar surface area (TPSA) is 76.4 Å². The zero-order valence-corrected chi connectivity index (χ0v) is 14.4. The standard InChI is InChI=1S/C19H21FN4O2/c20-13-4-1-3-12(7-13)19(26)23-10-15-16(11-23)18(15)22-9-17(25)24-6-2-5-14(24)8-21/h1,3-4,7,14-16,18,22H,2,5-6,9-11H2. The summed E-state index contributed by atoms with van der Waals surface area (Å²) < 4.78 is 13.3. The van der Waals surface area contributed by atoms with Gasteiger partial charge in [0.05, 0.1) is 12.6 Å². The summed E-state index contributed by atoms with van der Waals surface area (Å²) in [5.74, 6) is 0.138. The van der Waals surface area contributed by atoms with Crippen molar-refractivity contribution < 1.29 is 14.0 Å². The van der Waals surface area contributed by atoms with Crippen LogP contribution in [0.3, 0.4) is 0 Å². The molecule has 3 atom stereocenters. The maximum absolute atomic E-state index is 13.3. The van der Waals surface area contributed by atoms with E-state index < -0.39 is 5.82 Å². The van der Waals surface area contributed by atoms with Gasteiger partial charge in [-0.05, 0) is 42.9 Å². The normalized spacial score (nSPS) is 29.4. The minimum atomic E-state index is -0.407. The van der Waals surface area contributed by atoms with Gasteiger partial charge in [-0.1, -0.05) is 6.07 Å². The van der Waals surface area contributed by atoms with Crippen LogP contribution in [-0.2, 0) is 4.79 Å². The summed E-state index contributed by atoms with van der Waals surface area (Å²) in [7, 11) is 0. The number of nitrogens with zero attached hydrogens (tertiary/aromatic N) is 3. The molecule has 6 nitrogen and oxygen atoms in total. The molecule has 3 unspecified atom stereocenters. The Morgan fingerprint density at radius 1 is 1.31 bits per heavy atom. The molecular weight excluding hydrogens is 335 g/mol. The van der Waals surface area contributed by atoms with Crippen LogP contribution < -0.4 is 5.32 Å². The highest BCUT2D eigenvalue weighted by atomic mass is 19.1. The van der Waals surface area contributed by atoms with E-state index in [1.165, 1.54) is 12.1 Å². The fourth-order valence-corrected chi connectivity index (χ4v) is 4.31. The van der Waals surface area contributed by atoms with E-state index in [0.29, 0.717) is 37.0 Å². The van der Waals surface area contributed by atoms with Gasteiger partial charge < -0.3 is 15.1 Å². The molecule has 2 aliphatic heterocycles. The summed E-state index contributed by atoms with van der Waals surface area (Å²) in [6.45, 7) is 2.17. The van der Waals surface area contributed by atoms with E-state index in [0.717, 1.165) is 12.8 Å². The molecule has 0 aromatic heterocycles. The Balaban J connectivity index is 1.25. The van der Waals surface area contributed by atoms with E-state index in [-0.39, 0.29) is 30.4 Å². The second-order valence-electron chi connectivity index (χ2n) is 7.33. The van der Waals surface area contributed by atoms with Crippen LogP contribution in [-0.4, -0.2) is 59.9 Å². The zero-order valence-electron chi connectivity index (χ0n) is 14.4. The number of hydrogen-bond donors (Lipinski definition) is 1. The van der Waals surface area contributed by atoms with Crippen molar-refractivity contribution >= 4 is 11.8 Å². The summed E-state index contributed by atoms with van der Waals surface area (Å²) in [6, 6.07) is 7.91. The largest absolute Gasteiger partial charge is 0.338 e. The van der Waals surface area contributed by atoms with Crippen LogP contribution in [0.5, 0.6) is 0 Å². The van der Waals surface area contributed by atoms with Crippen LogP contribution in [0.25, 0.3) is 0 Å². The first-order chi connectivity index (χ1) is 12.6. The molecule has 2 amide bonds. The lowest BCUT2D eigenvalue weighted by molar-refractivity contribution is -0.130. The van der Waals surface area contributed by atoms with Crippen molar-refractivity contribution in [2.45, 2.75) is 24.9 Å². The maximum atomic E-state index is 13.3. The number of piperidine rings is 1. The second-order valence-corrected chi connectivity index (χ2v) is 7.33. The first-order valence-electron chi connectivity index (χ1n) is 9.06. The highest BCUT2D eigenvalue weighted by Gasteiger charge is 2.56. The Morgan fingerprint density at radius 3 is 2.77 bits per heavy atom. The number of rotatable bonds is 4. The fraction of sp³-hybridized carbons (Fsp3) is 0.526. The van der Waals surface area contributed by atoms with Crippen LogP contribution >= 0.6 is 0 Å². The van der Waals surface area contributed by atoms with Crippen molar-refractivity contribution in [3.05, 3.63) is 35.6 Å². The van der Waals surface area contributed by atoms with E-state index in [9.17, 15) is 14.0 Å². The van der Waals surface area contributed by atoms with Gasteiger partial charge in [-0.2, -0.15) is 5.26 Å². The molecule has 0 bridgehead atoms. The first-order valence-corrected chi connectivity index (χ1v) is 9.06. The molecule has 3 aliphatic rings. The Labute approximate surface area is 151 Å². The van der Waals surface area contributed by atoms with Gasteiger partial charge in [0, 0.05) is 31.2 Å². The smallest absolute Gasteiger partial charge is 0.253 e. The van der Waals surface area contributed by atoms with Crippen molar-refractivity contribution in [1.82, 2.24) is 15.1 Å². The molecular formula is C19H21FN4O2. The maximum Gasteiger partial charge on any atom is 0.253 e. The molecule has 1 N–H and O–H groups in total. The van der Waals surface area contributed by atoms with Crippen LogP contribution in [0.4, 0.5) is 4.39 Å². The van der Waals surface area contributed by atoms with Crippen LogP contribution in [0.1, 0.15) is 23.2 Å². The van der Waals surface area contributed by atoms with Gasteiger partial charge >= 0.3 is 0 Å². The molecule has 1 saturated carbocycles. The van der Waals surface area contributed by atoms with Gasteiger partial charge in [0.1, 0.15) is 11.9 Å².